The van der Waals surface area contributed by atoms with Crippen molar-refractivity contribution in [2.45, 2.75) is 31.1 Å². The number of rotatable bonds is 0. The monoisotopic (exact) mass is 186 g/mol. The first-order chi connectivity index (χ1) is 3.92. The molecule has 52 valence electrons. The van der Waals surface area contributed by atoms with E-state index in [4.69, 9.17) is 0 Å². The zero-order valence-corrected chi connectivity index (χ0v) is 9.18. The van der Waals surface area contributed by atoms with Crippen LogP contribution >= 0.6 is 0 Å². The van der Waals surface area contributed by atoms with Gasteiger partial charge < -0.3 is 0 Å². The summed E-state index contributed by atoms with van der Waals surface area (Å²) in [5.41, 5.74) is 0. The zero-order valence-electron chi connectivity index (χ0n) is 7.08. The van der Waals surface area contributed by atoms with Gasteiger partial charge in [0.1, 0.15) is 0 Å². The molecule has 0 nitrogen and oxygen atoms in total. The molecular formula is C8H16Ge. The fraction of sp³-hybridized carbons (Fsp3) is 0.750. The van der Waals surface area contributed by atoms with Gasteiger partial charge >= 0.3 is 61.0 Å². The summed E-state index contributed by atoms with van der Waals surface area (Å²) in [6.07, 6.45) is 0. The van der Waals surface area contributed by atoms with E-state index in [1.807, 2.05) is 0 Å². The summed E-state index contributed by atoms with van der Waals surface area (Å²) in [7, 11) is 0. The van der Waals surface area contributed by atoms with Crippen molar-refractivity contribution in [3.05, 3.63) is 0 Å². The fourth-order valence-corrected chi connectivity index (χ4v) is 1.88. The zero-order chi connectivity index (χ0) is 7.49. The SMILES string of the molecule is CC(C)C#[C][Ge]([CH3])([CH3])[CH3]. The third-order valence-corrected chi connectivity index (χ3v) is 2.61. The molecule has 1 heteroatoms. The molecule has 0 aliphatic carbocycles. The second kappa shape index (κ2) is 3.32. The van der Waals surface area contributed by atoms with Gasteiger partial charge in [0.05, 0.1) is 0 Å². The van der Waals surface area contributed by atoms with E-state index in [-0.39, 0.29) is 0 Å². The maximum atomic E-state index is 3.36. The molecule has 0 radical (unpaired) electrons. The molecule has 0 aromatic heterocycles. The van der Waals surface area contributed by atoms with Gasteiger partial charge in [0.2, 0.25) is 0 Å². The Morgan fingerprint density at radius 2 is 1.56 bits per heavy atom. The first kappa shape index (κ1) is 9.10. The summed E-state index contributed by atoms with van der Waals surface area (Å²) in [5, 5.41) is 0. The quantitative estimate of drug-likeness (QED) is 0.401. The number of hydrogen-bond donors (Lipinski definition) is 0. The van der Waals surface area contributed by atoms with Crippen LogP contribution in [0.4, 0.5) is 0 Å². The van der Waals surface area contributed by atoms with E-state index < -0.39 is 13.3 Å². The van der Waals surface area contributed by atoms with Crippen LogP contribution < -0.4 is 0 Å². The first-order valence-corrected chi connectivity index (χ1v) is 10.8. The van der Waals surface area contributed by atoms with E-state index in [9.17, 15) is 0 Å². The molecule has 0 saturated heterocycles. The molecule has 0 N–H and O–H groups in total. The molecule has 0 saturated carbocycles. The van der Waals surface area contributed by atoms with E-state index in [0.717, 1.165) is 0 Å². The van der Waals surface area contributed by atoms with Gasteiger partial charge in [0, 0.05) is 0 Å². The van der Waals surface area contributed by atoms with Gasteiger partial charge in [-0.1, -0.05) is 0 Å². The molecule has 0 heterocycles. The van der Waals surface area contributed by atoms with Crippen LogP contribution in [-0.2, 0) is 0 Å². The van der Waals surface area contributed by atoms with Crippen LogP contribution in [0, 0.1) is 16.6 Å². The first-order valence-electron chi connectivity index (χ1n) is 3.44. The van der Waals surface area contributed by atoms with Gasteiger partial charge in [-0.2, -0.15) is 0 Å². The minimum absolute atomic E-state index is 0.551. The molecule has 0 amide bonds. The van der Waals surface area contributed by atoms with Gasteiger partial charge in [-0.25, -0.2) is 0 Å². The molecule has 0 rings (SSSR count). The van der Waals surface area contributed by atoms with Crippen molar-refractivity contribution in [1.29, 1.82) is 0 Å². The maximum absolute atomic E-state index is 3.36. The average Bonchev–Trinajstić information content (AvgIpc) is 1.59. The Labute approximate surface area is 61.4 Å². The van der Waals surface area contributed by atoms with Crippen LogP contribution in [0.1, 0.15) is 13.8 Å². The van der Waals surface area contributed by atoms with Crippen molar-refractivity contribution < 1.29 is 0 Å². The Hall–Kier alpha value is 0.103. The van der Waals surface area contributed by atoms with Crippen LogP contribution in [0.15, 0.2) is 0 Å². The van der Waals surface area contributed by atoms with Crippen LogP contribution in [0.3, 0.4) is 0 Å². The standard InChI is InChI=1S/C8H16Ge/c1-8(2)6-7-9(3,4)5/h8H,1-5H3. The molecule has 0 aliphatic rings. The molecule has 0 atom stereocenters. The van der Waals surface area contributed by atoms with Gasteiger partial charge in [-0.05, 0) is 0 Å². The molecule has 0 bridgehead atoms. The van der Waals surface area contributed by atoms with Crippen molar-refractivity contribution in [3.8, 4) is 10.7 Å². The molecule has 0 aliphatic heterocycles. The van der Waals surface area contributed by atoms with Gasteiger partial charge in [0.15, 0.2) is 0 Å². The molecule has 0 unspecified atom stereocenters. The van der Waals surface area contributed by atoms with Crippen molar-refractivity contribution in [3.63, 3.8) is 0 Å². The van der Waals surface area contributed by atoms with Crippen LogP contribution in [0.2, 0.25) is 17.3 Å². The van der Waals surface area contributed by atoms with Gasteiger partial charge in [0.25, 0.3) is 0 Å². The Bertz CT molecular complexity index is 129. The predicted octanol–water partition coefficient (Wildman–Crippen LogP) is 2.52. The van der Waals surface area contributed by atoms with Gasteiger partial charge in [-0.3, -0.25) is 0 Å². The van der Waals surface area contributed by atoms with Crippen molar-refractivity contribution >= 4 is 13.3 Å². The van der Waals surface area contributed by atoms with Crippen LogP contribution in [0.5, 0.6) is 0 Å². The summed E-state index contributed by atoms with van der Waals surface area (Å²) >= 11 is -1.52. The van der Waals surface area contributed by atoms with Crippen molar-refractivity contribution in [2.24, 2.45) is 5.92 Å². The summed E-state index contributed by atoms with van der Waals surface area (Å²) < 4.78 is 3.36. The molecule has 9 heavy (non-hydrogen) atoms. The van der Waals surface area contributed by atoms with E-state index in [1.54, 1.807) is 0 Å². The predicted molar refractivity (Wildman–Crippen MR) is 46.0 cm³/mol. The minimum atomic E-state index is -1.52. The summed E-state index contributed by atoms with van der Waals surface area (Å²) in [6, 6.07) is 0. The molecule has 0 aromatic carbocycles. The fourth-order valence-electron chi connectivity index (χ4n) is 0.361. The average molecular weight is 185 g/mol. The van der Waals surface area contributed by atoms with E-state index >= 15 is 0 Å². The Morgan fingerprint density at radius 3 is 1.67 bits per heavy atom. The Balaban J connectivity index is 3.88. The Morgan fingerprint density at radius 1 is 1.11 bits per heavy atom. The number of hydrogen-bond acceptors (Lipinski definition) is 0. The summed E-state index contributed by atoms with van der Waals surface area (Å²) in [4.78, 5) is 0. The van der Waals surface area contributed by atoms with Crippen molar-refractivity contribution in [1.82, 2.24) is 0 Å². The summed E-state index contributed by atoms with van der Waals surface area (Å²) in [6.45, 7) is 4.28. The van der Waals surface area contributed by atoms with E-state index in [1.165, 1.54) is 0 Å². The third kappa shape index (κ3) is 8.10. The Kier molecular flexibility index (Phi) is 3.35. The summed E-state index contributed by atoms with van der Waals surface area (Å²) in [5.74, 6) is 10.7. The van der Waals surface area contributed by atoms with Crippen molar-refractivity contribution in [2.75, 3.05) is 0 Å². The second-order valence-electron chi connectivity index (χ2n) is 3.67. The normalized spacial score (nSPS) is 10.9. The van der Waals surface area contributed by atoms with Crippen LogP contribution in [0.25, 0.3) is 0 Å². The van der Waals surface area contributed by atoms with E-state index in [2.05, 4.69) is 41.8 Å². The van der Waals surface area contributed by atoms with E-state index in [0.29, 0.717) is 5.92 Å². The molecule has 0 aromatic rings. The molecule has 0 fully saturated rings. The topological polar surface area (TPSA) is 0 Å². The molecular weight excluding hydrogens is 169 g/mol. The third-order valence-electron chi connectivity index (χ3n) is 0.736. The van der Waals surface area contributed by atoms with Gasteiger partial charge in [-0.15, -0.1) is 0 Å². The molecule has 0 spiro atoms. The second-order valence-corrected chi connectivity index (χ2v) is 13.6. The van der Waals surface area contributed by atoms with Crippen LogP contribution in [-0.4, -0.2) is 13.3 Å².